The fourth-order valence-corrected chi connectivity index (χ4v) is 3.05. The van der Waals surface area contributed by atoms with E-state index >= 15 is 0 Å². The molecule has 1 unspecified atom stereocenters. The smallest absolute Gasteiger partial charge is 0.228 e. The Labute approximate surface area is 135 Å². The van der Waals surface area contributed by atoms with Gasteiger partial charge in [-0.05, 0) is 44.9 Å². The van der Waals surface area contributed by atoms with Crippen LogP contribution in [0.2, 0.25) is 0 Å². The first-order chi connectivity index (χ1) is 11.1. The van der Waals surface area contributed by atoms with E-state index in [1.165, 1.54) is 0 Å². The van der Waals surface area contributed by atoms with Crippen LogP contribution in [0, 0.1) is 12.8 Å². The van der Waals surface area contributed by atoms with Crippen molar-refractivity contribution in [2.45, 2.75) is 57.9 Å². The van der Waals surface area contributed by atoms with Crippen molar-refractivity contribution in [1.82, 2.24) is 20.5 Å². The molecule has 2 amide bonds. The summed E-state index contributed by atoms with van der Waals surface area (Å²) in [7, 11) is 0. The standard InChI is InChI=1S/C16H24N4O3/c1-11-14(19-23-18-11)9-16(22)20-8-2-3-12(10-20)4-7-15(21)17-13-5-6-13/h12-13H,2-10H2,1H3,(H,17,21). The lowest BCUT2D eigenvalue weighted by Crippen LogP contribution is -2.41. The summed E-state index contributed by atoms with van der Waals surface area (Å²) in [5, 5.41) is 10.5. The number of carbonyl (C=O) groups is 2. The molecule has 2 heterocycles. The number of aryl methyl sites for hydroxylation is 1. The topological polar surface area (TPSA) is 88.3 Å². The van der Waals surface area contributed by atoms with Crippen molar-refractivity contribution in [3.05, 3.63) is 11.4 Å². The molecular weight excluding hydrogens is 296 g/mol. The van der Waals surface area contributed by atoms with Crippen molar-refractivity contribution in [2.24, 2.45) is 5.92 Å². The van der Waals surface area contributed by atoms with E-state index in [9.17, 15) is 9.59 Å². The molecule has 7 nitrogen and oxygen atoms in total. The van der Waals surface area contributed by atoms with E-state index in [0.717, 1.165) is 45.2 Å². The summed E-state index contributed by atoms with van der Waals surface area (Å²) in [4.78, 5) is 26.1. The van der Waals surface area contributed by atoms with Gasteiger partial charge in [-0.1, -0.05) is 10.3 Å². The Kier molecular flexibility index (Phi) is 4.93. The maximum Gasteiger partial charge on any atom is 0.228 e. The fourth-order valence-electron chi connectivity index (χ4n) is 3.05. The number of hydrogen-bond donors (Lipinski definition) is 1. The van der Waals surface area contributed by atoms with Crippen LogP contribution in [-0.4, -0.2) is 46.2 Å². The average molecular weight is 320 g/mol. The van der Waals surface area contributed by atoms with E-state index in [4.69, 9.17) is 0 Å². The zero-order chi connectivity index (χ0) is 16.2. The number of nitrogens with zero attached hydrogens (tertiary/aromatic N) is 3. The normalized spacial score (nSPS) is 21.3. The van der Waals surface area contributed by atoms with Gasteiger partial charge in [-0.3, -0.25) is 9.59 Å². The molecule has 1 N–H and O–H groups in total. The highest BCUT2D eigenvalue weighted by molar-refractivity contribution is 5.78. The molecule has 0 spiro atoms. The van der Waals surface area contributed by atoms with E-state index in [-0.39, 0.29) is 18.2 Å². The van der Waals surface area contributed by atoms with Crippen LogP contribution in [0.1, 0.15) is 49.9 Å². The van der Waals surface area contributed by atoms with Crippen LogP contribution in [0.3, 0.4) is 0 Å². The summed E-state index contributed by atoms with van der Waals surface area (Å²) < 4.78 is 4.64. The van der Waals surface area contributed by atoms with Crippen LogP contribution in [0.15, 0.2) is 4.63 Å². The Morgan fingerprint density at radius 1 is 1.30 bits per heavy atom. The summed E-state index contributed by atoms with van der Waals surface area (Å²) in [5.74, 6) is 0.630. The number of hydrogen-bond acceptors (Lipinski definition) is 5. The van der Waals surface area contributed by atoms with Crippen molar-refractivity contribution >= 4 is 11.8 Å². The fraction of sp³-hybridized carbons (Fsp3) is 0.750. The van der Waals surface area contributed by atoms with Gasteiger partial charge in [0.2, 0.25) is 11.8 Å². The molecule has 23 heavy (non-hydrogen) atoms. The summed E-state index contributed by atoms with van der Waals surface area (Å²) in [6.07, 6.45) is 5.98. The number of aromatic nitrogens is 2. The molecule has 2 fully saturated rings. The quantitative estimate of drug-likeness (QED) is 0.851. The van der Waals surface area contributed by atoms with Gasteiger partial charge >= 0.3 is 0 Å². The average Bonchev–Trinajstić information content (AvgIpc) is 3.27. The van der Waals surface area contributed by atoms with Crippen molar-refractivity contribution < 1.29 is 14.2 Å². The monoisotopic (exact) mass is 320 g/mol. The predicted octanol–water partition coefficient (Wildman–Crippen LogP) is 1.22. The zero-order valence-corrected chi connectivity index (χ0v) is 13.6. The highest BCUT2D eigenvalue weighted by atomic mass is 16.6. The number of nitrogens with one attached hydrogen (secondary N) is 1. The first kappa shape index (κ1) is 16.0. The zero-order valence-electron chi connectivity index (χ0n) is 13.6. The highest BCUT2D eigenvalue weighted by Crippen LogP contribution is 2.23. The lowest BCUT2D eigenvalue weighted by atomic mass is 9.93. The summed E-state index contributed by atoms with van der Waals surface area (Å²) in [6.45, 7) is 3.31. The molecule has 1 saturated heterocycles. The molecule has 0 aromatic carbocycles. The SMILES string of the molecule is Cc1nonc1CC(=O)N1CCCC(CCC(=O)NC2CC2)C1. The molecule has 3 rings (SSSR count). The highest BCUT2D eigenvalue weighted by Gasteiger charge is 2.27. The first-order valence-electron chi connectivity index (χ1n) is 8.47. The van der Waals surface area contributed by atoms with E-state index in [1.807, 2.05) is 4.90 Å². The van der Waals surface area contributed by atoms with E-state index in [1.54, 1.807) is 6.92 Å². The second-order valence-corrected chi connectivity index (χ2v) is 6.70. The lowest BCUT2D eigenvalue weighted by Gasteiger charge is -2.32. The maximum atomic E-state index is 12.4. The molecule has 7 heteroatoms. The van der Waals surface area contributed by atoms with Gasteiger partial charge in [0.15, 0.2) is 0 Å². The summed E-state index contributed by atoms with van der Waals surface area (Å²) >= 11 is 0. The van der Waals surface area contributed by atoms with Gasteiger partial charge < -0.3 is 10.2 Å². The third-order valence-electron chi connectivity index (χ3n) is 4.66. The van der Waals surface area contributed by atoms with Crippen LogP contribution < -0.4 is 5.32 Å². The van der Waals surface area contributed by atoms with Gasteiger partial charge in [-0.25, -0.2) is 4.63 Å². The number of likely N-dealkylation sites (tertiary alicyclic amines) is 1. The Balaban J connectivity index is 1.44. The minimum Gasteiger partial charge on any atom is -0.353 e. The second kappa shape index (κ2) is 7.10. The Morgan fingerprint density at radius 2 is 2.13 bits per heavy atom. The summed E-state index contributed by atoms with van der Waals surface area (Å²) in [6, 6.07) is 0.422. The van der Waals surface area contributed by atoms with Gasteiger partial charge in [0.25, 0.3) is 0 Å². The van der Waals surface area contributed by atoms with E-state index in [2.05, 4.69) is 20.3 Å². The van der Waals surface area contributed by atoms with Gasteiger partial charge in [-0.2, -0.15) is 0 Å². The Bertz CT molecular complexity index is 567. The number of rotatable bonds is 6. The second-order valence-electron chi connectivity index (χ2n) is 6.70. The predicted molar refractivity (Wildman–Crippen MR) is 82.4 cm³/mol. The van der Waals surface area contributed by atoms with Crippen LogP contribution in [0.25, 0.3) is 0 Å². The first-order valence-corrected chi connectivity index (χ1v) is 8.47. The summed E-state index contributed by atoms with van der Waals surface area (Å²) in [5.41, 5.74) is 1.28. The number of piperidine rings is 1. The minimum absolute atomic E-state index is 0.0657. The molecule has 2 aliphatic rings. The molecule has 1 saturated carbocycles. The molecule has 1 aromatic rings. The molecule has 1 aliphatic heterocycles. The van der Waals surface area contributed by atoms with Gasteiger partial charge in [0, 0.05) is 25.6 Å². The lowest BCUT2D eigenvalue weighted by molar-refractivity contribution is -0.132. The van der Waals surface area contributed by atoms with Crippen molar-refractivity contribution in [2.75, 3.05) is 13.1 Å². The van der Waals surface area contributed by atoms with E-state index < -0.39 is 0 Å². The number of amides is 2. The van der Waals surface area contributed by atoms with Crippen molar-refractivity contribution in [3.8, 4) is 0 Å². The molecule has 1 aromatic heterocycles. The van der Waals surface area contributed by atoms with Crippen LogP contribution in [-0.2, 0) is 16.0 Å². The third kappa shape index (κ3) is 4.53. The van der Waals surface area contributed by atoms with Gasteiger partial charge in [-0.15, -0.1) is 0 Å². The maximum absolute atomic E-state index is 12.4. The molecule has 126 valence electrons. The van der Waals surface area contributed by atoms with Gasteiger partial charge in [0.05, 0.1) is 6.42 Å². The molecule has 0 bridgehead atoms. The van der Waals surface area contributed by atoms with Crippen LogP contribution >= 0.6 is 0 Å². The van der Waals surface area contributed by atoms with Crippen LogP contribution in [0.4, 0.5) is 0 Å². The van der Waals surface area contributed by atoms with Crippen molar-refractivity contribution in [3.63, 3.8) is 0 Å². The minimum atomic E-state index is 0.0657. The molecule has 1 atom stereocenters. The molecule has 0 radical (unpaired) electrons. The molecule has 1 aliphatic carbocycles. The number of carbonyl (C=O) groups excluding carboxylic acids is 2. The van der Waals surface area contributed by atoms with E-state index in [0.29, 0.717) is 29.8 Å². The largest absolute Gasteiger partial charge is 0.353 e. The third-order valence-corrected chi connectivity index (χ3v) is 4.66. The molecular formula is C16H24N4O3. The van der Waals surface area contributed by atoms with Gasteiger partial charge in [0.1, 0.15) is 11.4 Å². The Morgan fingerprint density at radius 3 is 2.83 bits per heavy atom. The van der Waals surface area contributed by atoms with Crippen molar-refractivity contribution in [1.29, 1.82) is 0 Å². The Hall–Kier alpha value is -1.92. The van der Waals surface area contributed by atoms with Crippen LogP contribution in [0.5, 0.6) is 0 Å².